The summed E-state index contributed by atoms with van der Waals surface area (Å²) >= 11 is 0. The van der Waals surface area contributed by atoms with Crippen molar-refractivity contribution in [3.8, 4) is 11.1 Å². The van der Waals surface area contributed by atoms with E-state index in [0.29, 0.717) is 0 Å². The van der Waals surface area contributed by atoms with Gasteiger partial charge in [0.1, 0.15) is 0 Å². The highest BCUT2D eigenvalue weighted by Gasteiger charge is 2.12. The summed E-state index contributed by atoms with van der Waals surface area (Å²) in [6, 6.07) is 44.4. The second-order valence-electron chi connectivity index (χ2n) is 12.9. The van der Waals surface area contributed by atoms with E-state index in [4.69, 9.17) is 0 Å². The Labute approximate surface area is 294 Å². The predicted molar refractivity (Wildman–Crippen MR) is 220 cm³/mol. The summed E-state index contributed by atoms with van der Waals surface area (Å²) in [5, 5.41) is 5.12. The average molecular weight is 645 g/mol. The molecular formula is C48H40N2. The van der Waals surface area contributed by atoms with Crippen molar-refractivity contribution in [2.24, 2.45) is 0 Å². The van der Waals surface area contributed by atoms with E-state index in [1.165, 1.54) is 77.0 Å². The summed E-state index contributed by atoms with van der Waals surface area (Å²) in [4.78, 5) is 0. The average Bonchev–Trinajstić information content (AvgIpc) is 3.66. The van der Waals surface area contributed by atoms with E-state index in [1.807, 2.05) is 12.2 Å². The van der Waals surface area contributed by atoms with Crippen molar-refractivity contribution in [2.75, 3.05) is 0 Å². The first kappa shape index (κ1) is 31.2. The fraction of sp³-hybridized carbons (Fsp3) is 0.0833. The minimum atomic E-state index is 0.940. The summed E-state index contributed by atoms with van der Waals surface area (Å²) in [5.74, 6) is 0. The smallest absolute Gasteiger partial charge is 0.0491 e. The standard InChI is InChI=1S/C48H40N2/c1-5-33-17-25-45-41(29-33)43-31-37(19-27-47(43)49(45)7-3)11-9-35-13-21-39(22-14-35)40-23-15-36(16-24-40)10-12-38-20-28-48-44(32-38)42-30-34(6-2)18-26-46(42)50(48)8-4/h5-6,9-32H,1-2,7-8H2,3-4H3/b11-9+,12-10+. The van der Waals surface area contributed by atoms with Crippen LogP contribution in [0.25, 0.3) is 91.2 Å². The number of hydrogen-bond donors (Lipinski definition) is 0. The molecule has 2 aromatic heterocycles. The van der Waals surface area contributed by atoms with Crippen LogP contribution in [-0.4, -0.2) is 9.13 Å². The zero-order valence-electron chi connectivity index (χ0n) is 28.7. The van der Waals surface area contributed by atoms with Gasteiger partial charge in [-0.15, -0.1) is 0 Å². The summed E-state index contributed by atoms with van der Waals surface area (Å²) in [6.45, 7) is 14.2. The first-order valence-corrected chi connectivity index (χ1v) is 17.5. The van der Waals surface area contributed by atoms with Crippen molar-refractivity contribution in [3.63, 3.8) is 0 Å². The highest BCUT2D eigenvalue weighted by Crippen LogP contribution is 2.33. The molecule has 8 aromatic rings. The minimum Gasteiger partial charge on any atom is -0.341 e. The molecule has 0 aliphatic heterocycles. The van der Waals surface area contributed by atoms with Gasteiger partial charge in [-0.1, -0.05) is 122 Å². The summed E-state index contributed by atoms with van der Waals surface area (Å²) < 4.78 is 4.78. The fourth-order valence-electron chi connectivity index (χ4n) is 7.38. The van der Waals surface area contributed by atoms with Crippen LogP contribution in [-0.2, 0) is 13.1 Å². The van der Waals surface area contributed by atoms with Crippen molar-refractivity contribution >= 4 is 80.1 Å². The summed E-state index contributed by atoms with van der Waals surface area (Å²) in [7, 11) is 0. The van der Waals surface area contributed by atoms with E-state index in [2.05, 4.69) is 182 Å². The van der Waals surface area contributed by atoms with Crippen LogP contribution in [0.5, 0.6) is 0 Å². The Morgan fingerprint density at radius 3 is 0.980 bits per heavy atom. The molecule has 2 nitrogen and oxygen atoms in total. The maximum atomic E-state index is 3.97. The number of aromatic nitrogens is 2. The first-order valence-electron chi connectivity index (χ1n) is 17.5. The van der Waals surface area contributed by atoms with Gasteiger partial charge >= 0.3 is 0 Å². The maximum absolute atomic E-state index is 3.97. The molecule has 0 N–H and O–H groups in total. The quantitative estimate of drug-likeness (QED) is 0.138. The second-order valence-corrected chi connectivity index (χ2v) is 12.9. The van der Waals surface area contributed by atoms with E-state index in [9.17, 15) is 0 Å². The summed E-state index contributed by atoms with van der Waals surface area (Å²) in [6.07, 6.45) is 12.6. The molecule has 0 aliphatic carbocycles. The zero-order chi connectivity index (χ0) is 34.2. The number of aryl methyl sites for hydroxylation is 2. The lowest BCUT2D eigenvalue weighted by atomic mass is 10.0. The number of nitrogens with zero attached hydrogens (tertiary/aromatic N) is 2. The van der Waals surface area contributed by atoms with Gasteiger partial charge in [0.15, 0.2) is 0 Å². The summed E-state index contributed by atoms with van der Waals surface area (Å²) in [5.41, 5.74) is 14.5. The van der Waals surface area contributed by atoms with Gasteiger partial charge in [0.05, 0.1) is 0 Å². The SMILES string of the molecule is C=Cc1ccc2c(c1)c1cc(/C=C/c3ccc(-c4ccc(/C=C/c5ccc6c(c5)c5cc(C=C)ccc5n6CC)cc4)cc3)ccc1n2CC. The van der Waals surface area contributed by atoms with Crippen LogP contribution in [0.3, 0.4) is 0 Å². The van der Waals surface area contributed by atoms with Gasteiger partial charge in [-0.05, 0) is 107 Å². The van der Waals surface area contributed by atoms with E-state index >= 15 is 0 Å². The van der Waals surface area contributed by atoms with E-state index in [0.717, 1.165) is 24.2 Å². The van der Waals surface area contributed by atoms with Gasteiger partial charge in [-0.25, -0.2) is 0 Å². The topological polar surface area (TPSA) is 9.86 Å². The van der Waals surface area contributed by atoms with Gasteiger partial charge in [-0.2, -0.15) is 0 Å². The molecule has 0 saturated heterocycles. The molecule has 0 atom stereocenters. The molecule has 0 unspecified atom stereocenters. The van der Waals surface area contributed by atoms with Gasteiger partial charge < -0.3 is 9.13 Å². The van der Waals surface area contributed by atoms with Crippen molar-refractivity contribution in [2.45, 2.75) is 26.9 Å². The molecule has 8 rings (SSSR count). The van der Waals surface area contributed by atoms with Gasteiger partial charge in [0.25, 0.3) is 0 Å². The molecule has 0 radical (unpaired) electrons. The van der Waals surface area contributed by atoms with Crippen LogP contribution in [0.4, 0.5) is 0 Å². The van der Waals surface area contributed by atoms with Gasteiger partial charge in [0.2, 0.25) is 0 Å². The third-order valence-electron chi connectivity index (χ3n) is 10.0. The number of rotatable bonds is 9. The van der Waals surface area contributed by atoms with Crippen molar-refractivity contribution in [1.82, 2.24) is 9.13 Å². The van der Waals surface area contributed by atoms with Crippen LogP contribution in [0.1, 0.15) is 47.2 Å². The van der Waals surface area contributed by atoms with Crippen molar-refractivity contribution < 1.29 is 0 Å². The zero-order valence-corrected chi connectivity index (χ0v) is 28.7. The Bertz CT molecular complexity index is 2430. The molecule has 6 aromatic carbocycles. The lowest BCUT2D eigenvalue weighted by Gasteiger charge is -2.04. The van der Waals surface area contributed by atoms with Crippen LogP contribution in [0.15, 0.2) is 134 Å². The normalized spacial score (nSPS) is 12.0. The number of benzene rings is 6. The Balaban J connectivity index is 0.988. The third-order valence-corrected chi connectivity index (χ3v) is 10.0. The van der Waals surface area contributed by atoms with E-state index < -0.39 is 0 Å². The molecule has 0 spiro atoms. The Morgan fingerprint density at radius 1 is 0.380 bits per heavy atom. The van der Waals surface area contributed by atoms with Crippen molar-refractivity contribution in [1.29, 1.82) is 0 Å². The largest absolute Gasteiger partial charge is 0.341 e. The molecular weight excluding hydrogens is 605 g/mol. The minimum absolute atomic E-state index is 0.940. The lowest BCUT2D eigenvalue weighted by molar-refractivity contribution is 0.827. The van der Waals surface area contributed by atoms with Crippen LogP contribution >= 0.6 is 0 Å². The molecule has 50 heavy (non-hydrogen) atoms. The van der Waals surface area contributed by atoms with Gasteiger partial charge in [0, 0.05) is 56.7 Å². The van der Waals surface area contributed by atoms with Gasteiger partial charge in [-0.3, -0.25) is 0 Å². The monoisotopic (exact) mass is 644 g/mol. The highest BCUT2D eigenvalue weighted by atomic mass is 15.0. The second kappa shape index (κ2) is 13.1. The van der Waals surface area contributed by atoms with E-state index in [-0.39, 0.29) is 0 Å². The number of hydrogen-bond acceptors (Lipinski definition) is 0. The third kappa shape index (κ3) is 5.59. The molecule has 2 heterocycles. The predicted octanol–water partition coefficient (Wildman–Crippen LogP) is 13.2. The van der Waals surface area contributed by atoms with Crippen molar-refractivity contribution in [3.05, 3.63) is 168 Å². The van der Waals surface area contributed by atoms with Crippen LogP contribution < -0.4 is 0 Å². The molecule has 242 valence electrons. The maximum Gasteiger partial charge on any atom is 0.0491 e. The highest BCUT2D eigenvalue weighted by molar-refractivity contribution is 6.10. The molecule has 2 heteroatoms. The first-order chi connectivity index (χ1) is 24.6. The van der Waals surface area contributed by atoms with E-state index in [1.54, 1.807) is 0 Å². The van der Waals surface area contributed by atoms with Crippen LogP contribution in [0, 0.1) is 0 Å². The molecule has 0 saturated carbocycles. The molecule has 0 amide bonds. The Morgan fingerprint density at radius 2 is 0.660 bits per heavy atom. The Kier molecular flexibility index (Phi) is 8.14. The van der Waals surface area contributed by atoms with Crippen LogP contribution in [0.2, 0.25) is 0 Å². The molecule has 0 bridgehead atoms. The number of fused-ring (bicyclic) bond motifs is 6. The molecule has 0 fully saturated rings. The molecule has 0 aliphatic rings. The lowest BCUT2D eigenvalue weighted by Crippen LogP contribution is -1.92. The Hall–Kier alpha value is -6.12. The fourth-order valence-corrected chi connectivity index (χ4v) is 7.38.